The Morgan fingerprint density at radius 1 is 1.16 bits per heavy atom. The van der Waals surface area contributed by atoms with E-state index >= 15 is 0 Å². The number of benzene rings is 1. The third kappa shape index (κ3) is 4.01. The van der Waals surface area contributed by atoms with Gasteiger partial charge in [-0.15, -0.1) is 4.90 Å². The summed E-state index contributed by atoms with van der Waals surface area (Å²) in [5.74, 6) is -0.326. The summed E-state index contributed by atoms with van der Waals surface area (Å²) in [6, 6.07) is 6.41. The van der Waals surface area contributed by atoms with Crippen molar-refractivity contribution in [1.29, 1.82) is 0 Å². The van der Waals surface area contributed by atoms with Crippen molar-refractivity contribution in [2.45, 2.75) is 39.5 Å². The summed E-state index contributed by atoms with van der Waals surface area (Å²) in [4.78, 5) is 44.1. The Morgan fingerprint density at radius 3 is 2.55 bits per heavy atom. The SMILES string of the molecule is COc1cccc(N2C(=O)C3C(C)=C(C)SC3=[N+](CC(=O)N3CCCCCC3)C2=O)c1. The first-order valence-corrected chi connectivity index (χ1v) is 11.5. The van der Waals surface area contributed by atoms with Crippen molar-refractivity contribution in [3.05, 3.63) is 34.7 Å². The summed E-state index contributed by atoms with van der Waals surface area (Å²) in [6.07, 6.45) is 4.23. The molecule has 31 heavy (non-hydrogen) atoms. The monoisotopic (exact) mass is 442 g/mol. The minimum atomic E-state index is -0.536. The second kappa shape index (κ2) is 8.86. The molecular formula is C23H28N3O4S+. The zero-order valence-electron chi connectivity index (χ0n) is 18.2. The number of carbonyl (C=O) groups excluding carboxylic acids is 3. The van der Waals surface area contributed by atoms with Crippen LogP contribution in [0.1, 0.15) is 39.5 Å². The van der Waals surface area contributed by atoms with Crippen LogP contribution in [0.15, 0.2) is 34.7 Å². The summed E-state index contributed by atoms with van der Waals surface area (Å²) in [5.41, 5.74) is 1.38. The van der Waals surface area contributed by atoms with Gasteiger partial charge in [-0.05, 0) is 49.3 Å². The van der Waals surface area contributed by atoms with Gasteiger partial charge in [0.1, 0.15) is 11.4 Å². The Labute approximate surface area is 186 Å². The fraction of sp³-hybridized carbons (Fsp3) is 0.478. The predicted molar refractivity (Wildman–Crippen MR) is 121 cm³/mol. The number of thioether (sulfide) groups is 1. The Morgan fingerprint density at radius 2 is 1.87 bits per heavy atom. The maximum absolute atomic E-state index is 13.5. The van der Waals surface area contributed by atoms with E-state index in [1.807, 2.05) is 18.7 Å². The van der Waals surface area contributed by atoms with Crippen LogP contribution in [0, 0.1) is 5.92 Å². The molecule has 3 aliphatic heterocycles. The van der Waals surface area contributed by atoms with E-state index in [1.165, 1.54) is 21.2 Å². The average Bonchev–Trinajstić information content (AvgIpc) is 2.94. The molecule has 3 aliphatic rings. The molecule has 0 aliphatic carbocycles. The van der Waals surface area contributed by atoms with Gasteiger partial charge in [0, 0.05) is 19.2 Å². The number of allylic oxidation sites excluding steroid dienone is 1. The molecule has 0 bridgehead atoms. The standard InChI is InChI=1S/C23H28N3O4S/c1-15-16(2)31-22-20(15)21(28)26(17-9-8-10-18(13-17)30-3)23(29)25(22)14-19(27)24-11-6-4-5-7-12-24/h8-10,13,20H,4-7,11-12,14H2,1-3H3/q+1. The summed E-state index contributed by atoms with van der Waals surface area (Å²) >= 11 is 1.43. The normalized spacial score (nSPS) is 22.1. The van der Waals surface area contributed by atoms with Crippen LogP contribution in [0.25, 0.3) is 0 Å². The zero-order valence-corrected chi connectivity index (χ0v) is 19.0. The molecular weight excluding hydrogens is 414 g/mol. The molecule has 1 fully saturated rings. The van der Waals surface area contributed by atoms with Gasteiger partial charge in [-0.25, -0.2) is 4.79 Å². The summed E-state index contributed by atoms with van der Waals surface area (Å²) < 4.78 is 6.78. The Kier molecular flexibility index (Phi) is 6.18. The van der Waals surface area contributed by atoms with Crippen LogP contribution in [-0.2, 0) is 9.59 Å². The first-order valence-electron chi connectivity index (χ1n) is 10.7. The van der Waals surface area contributed by atoms with E-state index in [0.717, 1.165) is 49.3 Å². The van der Waals surface area contributed by atoms with Crippen molar-refractivity contribution < 1.29 is 23.7 Å². The van der Waals surface area contributed by atoms with Gasteiger partial charge in [0.2, 0.25) is 0 Å². The lowest BCUT2D eigenvalue weighted by Crippen LogP contribution is -2.55. The fourth-order valence-corrected chi connectivity index (χ4v) is 5.55. The minimum Gasteiger partial charge on any atom is -0.497 e. The number of hydrogen-bond acceptors (Lipinski definition) is 5. The molecule has 0 saturated carbocycles. The largest absolute Gasteiger partial charge is 0.507 e. The molecule has 1 saturated heterocycles. The smallest absolute Gasteiger partial charge is 0.497 e. The second-order valence-electron chi connectivity index (χ2n) is 8.15. The Bertz CT molecular complexity index is 992. The predicted octanol–water partition coefficient (Wildman–Crippen LogP) is 3.63. The first kappa shape index (κ1) is 21.6. The van der Waals surface area contributed by atoms with Gasteiger partial charge in [0.25, 0.3) is 5.91 Å². The van der Waals surface area contributed by atoms with Crippen LogP contribution in [0.5, 0.6) is 5.75 Å². The number of carbonyl (C=O) groups is 3. The van der Waals surface area contributed by atoms with Gasteiger partial charge in [0.05, 0.1) is 7.11 Å². The molecule has 1 aromatic carbocycles. The number of imide groups is 1. The van der Waals surface area contributed by atoms with E-state index in [9.17, 15) is 14.4 Å². The number of ether oxygens (including phenoxy) is 1. The lowest BCUT2D eigenvalue weighted by Gasteiger charge is -2.26. The first-order chi connectivity index (χ1) is 14.9. The van der Waals surface area contributed by atoms with Crippen molar-refractivity contribution in [3.63, 3.8) is 0 Å². The molecule has 8 heteroatoms. The van der Waals surface area contributed by atoms with Gasteiger partial charge in [-0.3, -0.25) is 4.79 Å². The van der Waals surface area contributed by atoms with Gasteiger partial charge in [-0.2, -0.15) is 9.37 Å². The fourth-order valence-electron chi connectivity index (χ4n) is 4.31. The maximum atomic E-state index is 13.5. The zero-order chi connectivity index (χ0) is 22.1. The Balaban J connectivity index is 1.71. The van der Waals surface area contributed by atoms with E-state index in [-0.39, 0.29) is 18.4 Å². The van der Waals surface area contributed by atoms with Crippen LogP contribution in [0.4, 0.5) is 10.5 Å². The highest BCUT2D eigenvalue weighted by Crippen LogP contribution is 2.41. The van der Waals surface area contributed by atoms with E-state index in [4.69, 9.17) is 4.74 Å². The number of anilines is 1. The van der Waals surface area contributed by atoms with E-state index in [2.05, 4.69) is 0 Å². The second-order valence-corrected chi connectivity index (χ2v) is 9.39. The molecule has 4 amide bonds. The number of methoxy groups -OCH3 is 1. The quantitative estimate of drug-likeness (QED) is 0.666. The van der Waals surface area contributed by atoms with Gasteiger partial charge in [-0.1, -0.05) is 30.7 Å². The lowest BCUT2D eigenvalue weighted by molar-refractivity contribution is -0.416. The topological polar surface area (TPSA) is 69.9 Å². The maximum Gasteiger partial charge on any atom is 0.507 e. The third-order valence-corrected chi connectivity index (χ3v) is 7.51. The number of nitrogens with zero attached hydrogens (tertiary/aromatic N) is 3. The van der Waals surface area contributed by atoms with Crippen LogP contribution in [-0.4, -0.2) is 59.1 Å². The molecule has 0 N–H and O–H groups in total. The molecule has 164 valence electrons. The van der Waals surface area contributed by atoms with Gasteiger partial charge < -0.3 is 9.64 Å². The highest BCUT2D eigenvalue weighted by atomic mass is 32.2. The van der Waals surface area contributed by atoms with Gasteiger partial charge >= 0.3 is 11.9 Å². The molecule has 1 unspecified atom stereocenters. The number of urea groups is 1. The third-order valence-electron chi connectivity index (χ3n) is 6.21. The number of likely N-dealkylation sites (tertiary alicyclic amines) is 1. The Hall–Kier alpha value is -2.61. The molecule has 0 aromatic heterocycles. The molecule has 0 spiro atoms. The highest BCUT2D eigenvalue weighted by molar-refractivity contribution is 8.17. The molecule has 4 rings (SSSR count). The number of rotatable bonds is 4. The minimum absolute atomic E-state index is 0.0496. The summed E-state index contributed by atoms with van der Waals surface area (Å²) in [6.45, 7) is 5.27. The van der Waals surface area contributed by atoms with Crippen molar-refractivity contribution >= 4 is 40.3 Å². The molecule has 1 aromatic rings. The van der Waals surface area contributed by atoms with Crippen LogP contribution < -0.4 is 9.64 Å². The average molecular weight is 443 g/mol. The molecule has 7 nitrogen and oxygen atoms in total. The number of hydrogen-bond donors (Lipinski definition) is 0. The van der Waals surface area contributed by atoms with Crippen LogP contribution in [0.2, 0.25) is 0 Å². The van der Waals surface area contributed by atoms with Crippen molar-refractivity contribution in [2.24, 2.45) is 5.92 Å². The van der Waals surface area contributed by atoms with E-state index < -0.39 is 11.9 Å². The summed E-state index contributed by atoms with van der Waals surface area (Å²) in [5, 5.41) is 0.646. The van der Waals surface area contributed by atoms with Crippen LogP contribution in [0.3, 0.4) is 0 Å². The number of amides is 4. The van der Waals surface area contributed by atoms with Crippen LogP contribution >= 0.6 is 11.8 Å². The molecule has 3 heterocycles. The van der Waals surface area contributed by atoms with E-state index in [1.54, 1.807) is 31.4 Å². The molecule has 0 radical (unpaired) electrons. The summed E-state index contributed by atoms with van der Waals surface area (Å²) in [7, 11) is 1.54. The van der Waals surface area contributed by atoms with Crippen molar-refractivity contribution in [1.82, 2.24) is 4.90 Å². The molecule has 1 atom stereocenters. The highest BCUT2D eigenvalue weighted by Gasteiger charge is 2.53. The van der Waals surface area contributed by atoms with Crippen molar-refractivity contribution in [2.75, 3.05) is 31.6 Å². The lowest BCUT2D eigenvalue weighted by atomic mass is 9.98. The van der Waals surface area contributed by atoms with E-state index in [0.29, 0.717) is 16.5 Å². The van der Waals surface area contributed by atoms with Gasteiger partial charge in [0.15, 0.2) is 17.5 Å². The van der Waals surface area contributed by atoms with Crippen molar-refractivity contribution in [3.8, 4) is 5.75 Å². The number of fused-ring (bicyclic) bond motifs is 1.